The van der Waals surface area contributed by atoms with E-state index in [0.717, 1.165) is 0 Å². The summed E-state index contributed by atoms with van der Waals surface area (Å²) in [6, 6.07) is 0. The van der Waals surface area contributed by atoms with Gasteiger partial charge in [-0.05, 0) is 6.92 Å². The van der Waals surface area contributed by atoms with E-state index >= 15 is 0 Å². The Morgan fingerprint density at radius 3 is 2.17 bits per heavy atom. The average molecular weight is 188 g/mol. The molecular formula is C6H11F3O3. The second-order valence-electron chi connectivity index (χ2n) is 1.91. The van der Waals surface area contributed by atoms with E-state index in [1.54, 1.807) is 6.92 Å². The van der Waals surface area contributed by atoms with Crippen molar-refractivity contribution in [3.05, 3.63) is 0 Å². The lowest BCUT2D eigenvalue weighted by molar-refractivity contribution is -0.308. The smallest absolute Gasteiger partial charge is 0.333 e. The first kappa shape index (κ1) is 11.7. The molecule has 0 spiro atoms. The fourth-order valence-corrected chi connectivity index (χ4v) is 0.483. The van der Waals surface area contributed by atoms with Crippen LogP contribution >= 0.6 is 0 Å². The molecule has 0 rings (SSSR count). The molecule has 0 aliphatic carbocycles. The number of halogens is 3. The molecule has 1 atom stereocenters. The Bertz CT molecular complexity index is 115. The maximum atomic E-state index is 11.6. The molecule has 0 bridgehead atoms. The predicted molar refractivity (Wildman–Crippen MR) is 34.4 cm³/mol. The molecule has 3 nitrogen and oxygen atoms in total. The van der Waals surface area contributed by atoms with Gasteiger partial charge in [-0.15, -0.1) is 0 Å². The molecule has 0 aliphatic heterocycles. The van der Waals surface area contributed by atoms with Crippen molar-refractivity contribution in [2.75, 3.05) is 20.3 Å². The van der Waals surface area contributed by atoms with Crippen LogP contribution < -0.4 is 0 Å². The standard InChI is InChI=1S/C6H11F3O3/c1-3-11-5(10-2)12-4-6(7,8)9/h5H,3-4H2,1-2H3. The van der Waals surface area contributed by atoms with Crippen LogP contribution in [0.25, 0.3) is 0 Å². The summed E-state index contributed by atoms with van der Waals surface area (Å²) in [5, 5.41) is 0. The molecule has 0 amide bonds. The fraction of sp³-hybridized carbons (Fsp3) is 1.00. The Morgan fingerprint density at radius 1 is 1.25 bits per heavy atom. The van der Waals surface area contributed by atoms with Crippen molar-refractivity contribution in [1.29, 1.82) is 0 Å². The van der Waals surface area contributed by atoms with Crippen LogP contribution in [0.1, 0.15) is 6.92 Å². The van der Waals surface area contributed by atoms with Crippen molar-refractivity contribution in [3.8, 4) is 0 Å². The summed E-state index contributed by atoms with van der Waals surface area (Å²) >= 11 is 0. The van der Waals surface area contributed by atoms with Crippen LogP contribution in [-0.2, 0) is 14.2 Å². The van der Waals surface area contributed by atoms with Crippen molar-refractivity contribution < 1.29 is 27.4 Å². The molecule has 1 unspecified atom stereocenters. The van der Waals surface area contributed by atoms with E-state index in [-0.39, 0.29) is 6.61 Å². The Hall–Kier alpha value is -0.330. The number of rotatable bonds is 5. The number of methoxy groups -OCH3 is 1. The van der Waals surface area contributed by atoms with E-state index in [1.165, 1.54) is 7.11 Å². The normalized spacial score (nSPS) is 14.8. The van der Waals surface area contributed by atoms with Crippen LogP contribution in [0, 0.1) is 0 Å². The van der Waals surface area contributed by atoms with Gasteiger partial charge in [-0.2, -0.15) is 13.2 Å². The molecule has 0 heterocycles. The van der Waals surface area contributed by atoms with Gasteiger partial charge in [-0.1, -0.05) is 0 Å². The third kappa shape index (κ3) is 6.38. The number of alkyl halides is 3. The zero-order valence-electron chi connectivity index (χ0n) is 6.85. The van der Waals surface area contributed by atoms with Crippen LogP contribution in [0.5, 0.6) is 0 Å². The molecular weight excluding hydrogens is 177 g/mol. The largest absolute Gasteiger partial charge is 0.411 e. The molecule has 0 aromatic heterocycles. The highest BCUT2D eigenvalue weighted by molar-refractivity contribution is 4.44. The average Bonchev–Trinajstić information content (AvgIpc) is 1.96. The fourth-order valence-electron chi connectivity index (χ4n) is 0.483. The zero-order valence-corrected chi connectivity index (χ0v) is 6.85. The minimum absolute atomic E-state index is 0.233. The van der Waals surface area contributed by atoms with Gasteiger partial charge < -0.3 is 14.2 Å². The van der Waals surface area contributed by atoms with Crippen molar-refractivity contribution in [2.45, 2.75) is 19.6 Å². The first-order chi connectivity index (χ1) is 5.49. The molecule has 6 heteroatoms. The van der Waals surface area contributed by atoms with E-state index in [0.29, 0.717) is 0 Å². The van der Waals surface area contributed by atoms with Gasteiger partial charge in [0.1, 0.15) is 6.61 Å². The molecule has 0 fully saturated rings. The molecule has 0 saturated heterocycles. The molecule has 0 radical (unpaired) electrons. The highest BCUT2D eigenvalue weighted by Gasteiger charge is 2.29. The van der Waals surface area contributed by atoms with Crippen LogP contribution in [0.15, 0.2) is 0 Å². The van der Waals surface area contributed by atoms with Crippen LogP contribution in [-0.4, -0.2) is 33.0 Å². The van der Waals surface area contributed by atoms with Crippen LogP contribution in [0.2, 0.25) is 0 Å². The highest BCUT2D eigenvalue weighted by atomic mass is 19.4. The van der Waals surface area contributed by atoms with E-state index in [2.05, 4.69) is 14.2 Å². The topological polar surface area (TPSA) is 27.7 Å². The van der Waals surface area contributed by atoms with Gasteiger partial charge in [0, 0.05) is 13.7 Å². The summed E-state index contributed by atoms with van der Waals surface area (Å²) < 4.78 is 48.0. The second kappa shape index (κ2) is 5.34. The number of ether oxygens (including phenoxy) is 3. The molecule has 74 valence electrons. The highest BCUT2D eigenvalue weighted by Crippen LogP contribution is 2.15. The van der Waals surface area contributed by atoms with E-state index in [9.17, 15) is 13.2 Å². The van der Waals surface area contributed by atoms with Crippen LogP contribution in [0.4, 0.5) is 13.2 Å². The van der Waals surface area contributed by atoms with Gasteiger partial charge in [0.05, 0.1) is 0 Å². The first-order valence-corrected chi connectivity index (χ1v) is 3.32. The first-order valence-electron chi connectivity index (χ1n) is 3.32. The van der Waals surface area contributed by atoms with Gasteiger partial charge in [0.25, 0.3) is 6.48 Å². The lowest BCUT2D eigenvalue weighted by Crippen LogP contribution is -2.26. The maximum Gasteiger partial charge on any atom is 0.411 e. The summed E-state index contributed by atoms with van der Waals surface area (Å²) in [6.45, 7) is -0.748. The predicted octanol–water partition coefficient (Wildman–Crippen LogP) is 1.53. The Labute approximate surface area is 68.4 Å². The Kier molecular flexibility index (Phi) is 5.19. The van der Waals surface area contributed by atoms with Crippen molar-refractivity contribution in [1.82, 2.24) is 0 Å². The van der Waals surface area contributed by atoms with Gasteiger partial charge in [-0.25, -0.2) is 0 Å². The van der Waals surface area contributed by atoms with Gasteiger partial charge in [0.15, 0.2) is 0 Å². The monoisotopic (exact) mass is 188 g/mol. The molecule has 0 aliphatic rings. The molecule has 0 aromatic rings. The van der Waals surface area contributed by atoms with Gasteiger partial charge in [-0.3, -0.25) is 0 Å². The lowest BCUT2D eigenvalue weighted by Gasteiger charge is -2.16. The van der Waals surface area contributed by atoms with E-state index < -0.39 is 19.3 Å². The quantitative estimate of drug-likeness (QED) is 0.612. The minimum Gasteiger partial charge on any atom is -0.333 e. The van der Waals surface area contributed by atoms with Gasteiger partial charge >= 0.3 is 6.18 Å². The summed E-state index contributed by atoms with van der Waals surface area (Å²) in [5.41, 5.74) is 0. The summed E-state index contributed by atoms with van der Waals surface area (Å²) in [7, 11) is 1.21. The molecule has 0 saturated carbocycles. The van der Waals surface area contributed by atoms with Crippen LogP contribution in [0.3, 0.4) is 0 Å². The Morgan fingerprint density at radius 2 is 1.83 bits per heavy atom. The summed E-state index contributed by atoms with van der Waals surface area (Å²) in [6.07, 6.45) is -4.35. The summed E-state index contributed by atoms with van der Waals surface area (Å²) in [5.74, 6) is 0. The molecule has 12 heavy (non-hydrogen) atoms. The molecule has 0 aromatic carbocycles. The Balaban J connectivity index is 3.58. The van der Waals surface area contributed by atoms with Crippen molar-refractivity contribution in [2.24, 2.45) is 0 Å². The van der Waals surface area contributed by atoms with Gasteiger partial charge in [0.2, 0.25) is 0 Å². The lowest BCUT2D eigenvalue weighted by atomic mass is 10.7. The summed E-state index contributed by atoms with van der Waals surface area (Å²) in [4.78, 5) is 0. The second-order valence-corrected chi connectivity index (χ2v) is 1.91. The minimum atomic E-state index is -4.35. The SMILES string of the molecule is CCOC(OC)OCC(F)(F)F. The van der Waals surface area contributed by atoms with E-state index in [4.69, 9.17) is 0 Å². The third-order valence-corrected chi connectivity index (χ3v) is 0.878. The maximum absolute atomic E-state index is 11.6. The van der Waals surface area contributed by atoms with Crippen molar-refractivity contribution in [3.63, 3.8) is 0 Å². The molecule has 0 N–H and O–H groups in total. The number of hydrogen-bond donors (Lipinski definition) is 0. The third-order valence-electron chi connectivity index (χ3n) is 0.878. The number of hydrogen-bond acceptors (Lipinski definition) is 3. The van der Waals surface area contributed by atoms with E-state index in [1.807, 2.05) is 0 Å². The zero-order chi connectivity index (χ0) is 9.61. The van der Waals surface area contributed by atoms with Crippen molar-refractivity contribution >= 4 is 0 Å².